The van der Waals surface area contributed by atoms with E-state index < -0.39 is 5.92 Å². The zero-order valence-electron chi connectivity index (χ0n) is 17.2. The molecule has 0 spiro atoms. The summed E-state index contributed by atoms with van der Waals surface area (Å²) in [6, 6.07) is 15.7. The molecule has 1 aromatic heterocycles. The first-order chi connectivity index (χ1) is 14.5. The van der Waals surface area contributed by atoms with Crippen LogP contribution >= 0.6 is 0 Å². The maximum atomic E-state index is 12.8. The van der Waals surface area contributed by atoms with Crippen LogP contribution in [0, 0.1) is 5.92 Å². The van der Waals surface area contributed by atoms with Crippen molar-refractivity contribution in [2.45, 2.75) is 39.3 Å². The molecule has 30 heavy (non-hydrogen) atoms. The summed E-state index contributed by atoms with van der Waals surface area (Å²) in [5, 5.41) is 11.1. The van der Waals surface area contributed by atoms with E-state index in [9.17, 15) is 9.59 Å². The minimum Gasteiger partial charge on any atom is -0.491 e. The predicted octanol–water partition coefficient (Wildman–Crippen LogP) is 3.34. The Morgan fingerprint density at radius 3 is 2.80 bits per heavy atom. The quantitative estimate of drug-likeness (QED) is 0.615. The van der Waals surface area contributed by atoms with Crippen molar-refractivity contribution in [2.24, 2.45) is 5.92 Å². The first kappa shape index (κ1) is 19.9. The number of ether oxygens (including phenoxy) is 1. The largest absolute Gasteiger partial charge is 0.491 e. The van der Waals surface area contributed by atoms with Crippen LogP contribution in [0.5, 0.6) is 5.75 Å². The van der Waals surface area contributed by atoms with Gasteiger partial charge in [0.2, 0.25) is 11.8 Å². The van der Waals surface area contributed by atoms with Gasteiger partial charge in [0.05, 0.1) is 18.2 Å². The van der Waals surface area contributed by atoms with Crippen LogP contribution in [0.3, 0.4) is 0 Å². The van der Waals surface area contributed by atoms with E-state index in [2.05, 4.69) is 15.7 Å². The second kappa shape index (κ2) is 8.57. The molecular formula is C23H26N4O3. The number of piperidine rings is 1. The Hall–Kier alpha value is -3.35. The number of nitrogens with zero attached hydrogens (tertiary/aromatic N) is 2. The van der Waals surface area contributed by atoms with Crippen LogP contribution in [0.15, 0.2) is 48.5 Å². The zero-order chi connectivity index (χ0) is 21.1. The van der Waals surface area contributed by atoms with Crippen molar-refractivity contribution in [1.82, 2.24) is 15.1 Å². The van der Waals surface area contributed by atoms with Gasteiger partial charge in [0, 0.05) is 18.0 Å². The Balaban J connectivity index is 1.68. The normalized spacial score (nSPS) is 16.5. The molecule has 3 aromatic rings. The maximum absolute atomic E-state index is 12.8. The van der Waals surface area contributed by atoms with Crippen LogP contribution in [-0.2, 0) is 16.1 Å². The van der Waals surface area contributed by atoms with Gasteiger partial charge in [-0.1, -0.05) is 30.3 Å². The smallest absolute Gasteiger partial charge is 0.238 e. The number of amides is 2. The summed E-state index contributed by atoms with van der Waals surface area (Å²) in [7, 11) is 0. The number of carbonyl (C=O) groups excluding carboxylic acids is 2. The van der Waals surface area contributed by atoms with E-state index in [1.807, 2.05) is 67.1 Å². The van der Waals surface area contributed by atoms with Crippen LogP contribution in [0.25, 0.3) is 10.9 Å². The predicted molar refractivity (Wildman–Crippen MR) is 115 cm³/mol. The highest BCUT2D eigenvalue weighted by atomic mass is 16.5. The third-order valence-corrected chi connectivity index (χ3v) is 5.11. The van der Waals surface area contributed by atoms with Crippen molar-refractivity contribution in [2.75, 3.05) is 11.9 Å². The summed E-state index contributed by atoms with van der Waals surface area (Å²) in [4.78, 5) is 24.8. The fraction of sp³-hybridized carbons (Fsp3) is 0.348. The summed E-state index contributed by atoms with van der Waals surface area (Å²) >= 11 is 0. The van der Waals surface area contributed by atoms with Crippen LogP contribution in [0.4, 0.5) is 5.82 Å². The Labute approximate surface area is 175 Å². The molecule has 0 saturated carbocycles. The fourth-order valence-corrected chi connectivity index (χ4v) is 3.69. The lowest BCUT2D eigenvalue weighted by Gasteiger charge is -2.20. The first-order valence-electron chi connectivity index (χ1n) is 10.3. The van der Waals surface area contributed by atoms with Gasteiger partial charge in [0.25, 0.3) is 0 Å². The minimum atomic E-state index is -0.684. The number of hydrogen-bond acceptors (Lipinski definition) is 4. The van der Waals surface area contributed by atoms with Crippen molar-refractivity contribution in [3.05, 3.63) is 54.1 Å². The van der Waals surface area contributed by atoms with Gasteiger partial charge in [-0.3, -0.25) is 14.3 Å². The summed E-state index contributed by atoms with van der Waals surface area (Å²) in [6.45, 7) is 5.14. The van der Waals surface area contributed by atoms with Gasteiger partial charge < -0.3 is 15.4 Å². The van der Waals surface area contributed by atoms with Crippen LogP contribution in [0.2, 0.25) is 0 Å². The van der Waals surface area contributed by atoms with Crippen molar-refractivity contribution >= 4 is 28.5 Å². The molecule has 0 radical (unpaired) electrons. The standard InChI is InChI=1S/C23H26N4O3/c1-15(2)30-17-10-11-18-20(13-17)27(14-16-7-4-3-5-8-16)26-21(18)25-23(29)19-9-6-12-24-22(19)28/h3-5,7-8,10-11,13,15,19H,6,9,12,14H2,1-2H3,(H,24,28)(H,25,26,29)/t19-/m0/s1. The molecule has 0 bridgehead atoms. The Bertz CT molecular complexity index is 1060. The number of rotatable bonds is 6. The lowest BCUT2D eigenvalue weighted by Crippen LogP contribution is -2.42. The number of fused-ring (bicyclic) bond motifs is 1. The van der Waals surface area contributed by atoms with Gasteiger partial charge in [0.1, 0.15) is 11.7 Å². The fourth-order valence-electron chi connectivity index (χ4n) is 3.69. The van der Waals surface area contributed by atoms with Gasteiger partial charge in [-0.25, -0.2) is 0 Å². The van der Waals surface area contributed by atoms with Crippen LogP contribution in [-0.4, -0.2) is 34.2 Å². The third kappa shape index (κ3) is 4.30. The number of hydrogen-bond donors (Lipinski definition) is 2. The molecule has 2 N–H and O–H groups in total. The highest BCUT2D eigenvalue weighted by Crippen LogP contribution is 2.29. The number of anilines is 1. The number of aromatic nitrogens is 2. The van der Waals surface area contributed by atoms with Gasteiger partial charge >= 0.3 is 0 Å². The van der Waals surface area contributed by atoms with E-state index >= 15 is 0 Å². The SMILES string of the molecule is CC(C)Oc1ccc2c(NC(=O)[C@H]3CCCNC3=O)nn(Cc3ccccc3)c2c1. The van der Waals surface area contributed by atoms with E-state index in [0.717, 1.165) is 28.6 Å². The molecule has 2 amide bonds. The lowest BCUT2D eigenvalue weighted by atomic mass is 9.98. The molecule has 1 aliphatic heterocycles. The Morgan fingerprint density at radius 1 is 1.27 bits per heavy atom. The molecule has 1 atom stereocenters. The van der Waals surface area contributed by atoms with E-state index in [0.29, 0.717) is 25.3 Å². The van der Waals surface area contributed by atoms with E-state index in [4.69, 9.17) is 4.74 Å². The zero-order valence-corrected chi connectivity index (χ0v) is 17.2. The van der Waals surface area contributed by atoms with Crippen molar-refractivity contribution in [1.29, 1.82) is 0 Å². The molecule has 156 valence electrons. The average Bonchev–Trinajstić information content (AvgIpc) is 3.05. The highest BCUT2D eigenvalue weighted by Gasteiger charge is 2.30. The van der Waals surface area contributed by atoms with Crippen molar-refractivity contribution < 1.29 is 14.3 Å². The molecule has 1 saturated heterocycles. The lowest BCUT2D eigenvalue weighted by molar-refractivity contribution is -0.134. The topological polar surface area (TPSA) is 85.2 Å². The van der Waals surface area contributed by atoms with E-state index in [1.165, 1.54) is 0 Å². The highest BCUT2D eigenvalue weighted by molar-refractivity contribution is 6.09. The van der Waals surface area contributed by atoms with E-state index in [-0.39, 0.29) is 17.9 Å². The van der Waals surface area contributed by atoms with Gasteiger partial charge in [-0.05, 0) is 44.4 Å². The number of nitrogens with one attached hydrogen (secondary N) is 2. The molecule has 7 heteroatoms. The summed E-state index contributed by atoms with van der Waals surface area (Å²) in [5.74, 6) is -0.0198. The summed E-state index contributed by atoms with van der Waals surface area (Å²) < 4.78 is 7.70. The van der Waals surface area contributed by atoms with Gasteiger partial charge in [0.15, 0.2) is 5.82 Å². The average molecular weight is 406 g/mol. The maximum Gasteiger partial charge on any atom is 0.238 e. The Kier molecular flexibility index (Phi) is 5.70. The molecule has 2 heterocycles. The third-order valence-electron chi connectivity index (χ3n) is 5.11. The molecule has 1 aliphatic rings. The summed E-state index contributed by atoms with van der Waals surface area (Å²) in [5.41, 5.74) is 1.96. The first-order valence-corrected chi connectivity index (χ1v) is 10.3. The van der Waals surface area contributed by atoms with Crippen molar-refractivity contribution in [3.63, 3.8) is 0 Å². The molecule has 4 rings (SSSR count). The number of carbonyl (C=O) groups is 2. The summed E-state index contributed by atoms with van der Waals surface area (Å²) in [6.07, 6.45) is 1.40. The van der Waals surface area contributed by atoms with Gasteiger partial charge in [-0.15, -0.1) is 0 Å². The minimum absolute atomic E-state index is 0.0527. The number of benzene rings is 2. The second-order valence-electron chi connectivity index (χ2n) is 7.81. The second-order valence-corrected chi connectivity index (χ2v) is 7.81. The van der Waals surface area contributed by atoms with Crippen molar-refractivity contribution in [3.8, 4) is 5.75 Å². The van der Waals surface area contributed by atoms with Crippen LogP contribution < -0.4 is 15.4 Å². The molecule has 1 fully saturated rings. The molecule has 7 nitrogen and oxygen atoms in total. The van der Waals surface area contributed by atoms with Crippen LogP contribution in [0.1, 0.15) is 32.3 Å². The molecule has 2 aromatic carbocycles. The molecule has 0 unspecified atom stereocenters. The molecule has 0 aliphatic carbocycles. The van der Waals surface area contributed by atoms with E-state index in [1.54, 1.807) is 0 Å². The molecular weight excluding hydrogens is 380 g/mol. The monoisotopic (exact) mass is 406 g/mol. The Morgan fingerprint density at radius 2 is 2.07 bits per heavy atom. The van der Waals surface area contributed by atoms with Gasteiger partial charge in [-0.2, -0.15) is 5.10 Å².